The lowest BCUT2D eigenvalue weighted by Crippen LogP contribution is -2.45. The van der Waals surface area contributed by atoms with Crippen LogP contribution in [0.1, 0.15) is 26.7 Å². The van der Waals surface area contributed by atoms with E-state index in [9.17, 15) is 15.0 Å². The average Bonchev–Trinajstić information content (AvgIpc) is 2.49. The molecule has 0 saturated carbocycles. The fourth-order valence-corrected chi connectivity index (χ4v) is 2.91. The lowest BCUT2D eigenvalue weighted by molar-refractivity contribution is -0.149. The second kappa shape index (κ2) is 4.99. The standard InChI is InChI=1S/C13H21NO4/c1-4-7(2)13(17)18-12-10-6-8(15)5-9(11(12)16)14(10)3/h4,8-12,15-16H,5-6H2,1-3H3. The number of carbonyl (C=O) groups excluding carboxylic acids is 1. The van der Waals surface area contributed by atoms with Crippen LogP contribution in [0.4, 0.5) is 0 Å². The van der Waals surface area contributed by atoms with Crippen molar-refractivity contribution in [3.05, 3.63) is 11.6 Å². The topological polar surface area (TPSA) is 70.0 Å². The molecular formula is C13H21NO4. The molecule has 0 aromatic carbocycles. The number of likely N-dealkylation sites (N-methyl/N-ethyl adjacent to an activating group) is 1. The van der Waals surface area contributed by atoms with E-state index in [0.717, 1.165) is 0 Å². The number of ether oxygens (including phenoxy) is 1. The van der Waals surface area contributed by atoms with Crippen molar-refractivity contribution < 1.29 is 19.7 Å². The summed E-state index contributed by atoms with van der Waals surface area (Å²) in [6.07, 6.45) is 1.08. The highest BCUT2D eigenvalue weighted by atomic mass is 16.6. The van der Waals surface area contributed by atoms with Crippen molar-refractivity contribution in [3.8, 4) is 0 Å². The minimum absolute atomic E-state index is 0.0950. The van der Waals surface area contributed by atoms with Gasteiger partial charge < -0.3 is 14.9 Å². The van der Waals surface area contributed by atoms with Crippen LogP contribution in [0.25, 0.3) is 0 Å². The van der Waals surface area contributed by atoms with E-state index in [0.29, 0.717) is 18.4 Å². The third kappa shape index (κ3) is 2.18. The smallest absolute Gasteiger partial charge is 0.333 e. The van der Waals surface area contributed by atoms with Gasteiger partial charge in [0.25, 0.3) is 0 Å². The van der Waals surface area contributed by atoms with Gasteiger partial charge in [0.15, 0.2) is 0 Å². The lowest BCUT2D eigenvalue weighted by atomic mass is 10.0. The predicted octanol–water partition coefficient (Wildman–Crippen LogP) is 0.0626. The molecular weight excluding hydrogens is 234 g/mol. The van der Waals surface area contributed by atoms with Crippen molar-refractivity contribution in [1.29, 1.82) is 0 Å². The van der Waals surface area contributed by atoms with Gasteiger partial charge in [0.05, 0.1) is 12.1 Å². The Labute approximate surface area is 107 Å². The van der Waals surface area contributed by atoms with E-state index in [1.165, 1.54) is 0 Å². The van der Waals surface area contributed by atoms with Crippen LogP contribution in [0.5, 0.6) is 0 Å². The summed E-state index contributed by atoms with van der Waals surface area (Å²) in [7, 11) is 1.90. The maximum atomic E-state index is 11.8. The SMILES string of the molecule is CC=C(C)C(=O)OC1C(O)C2CC(O)CC1N2C. The second-order valence-electron chi connectivity index (χ2n) is 5.26. The normalized spacial score (nSPS) is 40.9. The van der Waals surface area contributed by atoms with E-state index in [4.69, 9.17) is 4.74 Å². The summed E-state index contributed by atoms with van der Waals surface area (Å²) in [6.45, 7) is 3.46. The lowest BCUT2D eigenvalue weighted by Gasteiger charge is -2.34. The number of carbonyl (C=O) groups is 1. The Morgan fingerprint density at radius 2 is 1.94 bits per heavy atom. The molecule has 5 unspecified atom stereocenters. The van der Waals surface area contributed by atoms with Gasteiger partial charge in [-0.15, -0.1) is 0 Å². The maximum Gasteiger partial charge on any atom is 0.333 e. The molecule has 0 aliphatic carbocycles. The second-order valence-corrected chi connectivity index (χ2v) is 5.26. The van der Waals surface area contributed by atoms with E-state index >= 15 is 0 Å². The molecule has 2 aliphatic rings. The first-order valence-corrected chi connectivity index (χ1v) is 6.37. The van der Waals surface area contributed by atoms with Crippen LogP contribution in [0.15, 0.2) is 11.6 Å². The summed E-state index contributed by atoms with van der Waals surface area (Å²) in [5.74, 6) is -0.392. The summed E-state index contributed by atoms with van der Waals surface area (Å²) in [4.78, 5) is 13.8. The molecule has 0 aromatic heterocycles. The Morgan fingerprint density at radius 1 is 1.33 bits per heavy atom. The largest absolute Gasteiger partial charge is 0.455 e. The molecule has 18 heavy (non-hydrogen) atoms. The monoisotopic (exact) mass is 255 g/mol. The maximum absolute atomic E-state index is 11.8. The van der Waals surface area contributed by atoms with Crippen LogP contribution in [-0.4, -0.2) is 58.5 Å². The number of hydrogen-bond donors (Lipinski definition) is 2. The molecule has 5 heteroatoms. The molecule has 2 N–H and O–H groups in total. The van der Waals surface area contributed by atoms with Gasteiger partial charge in [0.2, 0.25) is 0 Å². The van der Waals surface area contributed by atoms with E-state index in [1.807, 2.05) is 11.9 Å². The van der Waals surface area contributed by atoms with Crippen LogP contribution >= 0.6 is 0 Å². The minimum Gasteiger partial charge on any atom is -0.455 e. The zero-order valence-electron chi connectivity index (χ0n) is 11.0. The van der Waals surface area contributed by atoms with Gasteiger partial charge in [-0.3, -0.25) is 4.90 Å². The van der Waals surface area contributed by atoms with Crippen LogP contribution in [0.3, 0.4) is 0 Å². The molecule has 2 rings (SSSR count). The minimum atomic E-state index is -0.717. The number of fused-ring (bicyclic) bond motifs is 2. The summed E-state index contributed by atoms with van der Waals surface area (Å²) in [5, 5.41) is 19.9. The molecule has 5 atom stereocenters. The van der Waals surface area contributed by atoms with E-state index < -0.39 is 24.3 Å². The van der Waals surface area contributed by atoms with Crippen LogP contribution in [0.2, 0.25) is 0 Å². The highest BCUT2D eigenvalue weighted by molar-refractivity contribution is 5.87. The highest BCUT2D eigenvalue weighted by Crippen LogP contribution is 2.36. The fourth-order valence-electron chi connectivity index (χ4n) is 2.91. The Kier molecular flexibility index (Phi) is 3.75. The Bertz CT molecular complexity index is 368. The first-order chi connectivity index (χ1) is 8.45. The van der Waals surface area contributed by atoms with Crippen molar-refractivity contribution >= 4 is 5.97 Å². The summed E-state index contributed by atoms with van der Waals surface area (Å²) in [5.41, 5.74) is 0.534. The van der Waals surface area contributed by atoms with Gasteiger partial charge in [0, 0.05) is 11.6 Å². The number of rotatable bonds is 2. The zero-order valence-corrected chi connectivity index (χ0v) is 11.0. The molecule has 0 radical (unpaired) electrons. The molecule has 102 valence electrons. The third-order valence-electron chi connectivity index (χ3n) is 4.18. The Morgan fingerprint density at radius 3 is 2.56 bits per heavy atom. The molecule has 2 saturated heterocycles. The Balaban J connectivity index is 2.12. The van der Waals surface area contributed by atoms with Gasteiger partial charge in [0.1, 0.15) is 12.2 Å². The molecule has 5 nitrogen and oxygen atoms in total. The average molecular weight is 255 g/mol. The summed E-state index contributed by atoms with van der Waals surface area (Å²) < 4.78 is 5.40. The molecule has 2 fully saturated rings. The fraction of sp³-hybridized carbons (Fsp3) is 0.769. The van der Waals surface area contributed by atoms with Gasteiger partial charge in [-0.1, -0.05) is 6.08 Å². The molecule has 2 heterocycles. The van der Waals surface area contributed by atoms with Crippen LogP contribution < -0.4 is 0 Å². The number of allylic oxidation sites excluding steroid dienone is 1. The number of esters is 1. The van der Waals surface area contributed by atoms with E-state index in [1.54, 1.807) is 19.9 Å². The molecule has 2 aliphatic heterocycles. The van der Waals surface area contributed by atoms with Crippen molar-refractivity contribution in [3.63, 3.8) is 0 Å². The van der Waals surface area contributed by atoms with Crippen molar-refractivity contribution in [2.24, 2.45) is 0 Å². The van der Waals surface area contributed by atoms with Crippen LogP contribution in [-0.2, 0) is 9.53 Å². The van der Waals surface area contributed by atoms with Gasteiger partial charge in [-0.25, -0.2) is 4.79 Å². The number of nitrogens with zero attached hydrogens (tertiary/aromatic N) is 1. The first kappa shape index (κ1) is 13.5. The first-order valence-electron chi connectivity index (χ1n) is 6.37. The number of aliphatic hydroxyl groups excluding tert-OH is 2. The van der Waals surface area contributed by atoms with Gasteiger partial charge >= 0.3 is 5.97 Å². The van der Waals surface area contributed by atoms with E-state index in [-0.39, 0.29) is 12.1 Å². The zero-order chi connectivity index (χ0) is 13.4. The van der Waals surface area contributed by atoms with Gasteiger partial charge in [-0.2, -0.15) is 0 Å². The predicted molar refractivity (Wildman–Crippen MR) is 65.9 cm³/mol. The number of aliphatic hydroxyl groups is 2. The van der Waals surface area contributed by atoms with Crippen molar-refractivity contribution in [2.75, 3.05) is 7.05 Å². The van der Waals surface area contributed by atoms with E-state index in [2.05, 4.69) is 0 Å². The number of piperidine rings is 1. The van der Waals surface area contributed by atoms with Crippen molar-refractivity contribution in [2.45, 2.75) is 57.1 Å². The number of hydrogen-bond acceptors (Lipinski definition) is 5. The van der Waals surface area contributed by atoms with Crippen LogP contribution in [0, 0.1) is 0 Å². The van der Waals surface area contributed by atoms with Gasteiger partial charge in [-0.05, 0) is 33.7 Å². The molecule has 0 amide bonds. The summed E-state index contributed by atoms with van der Waals surface area (Å²) >= 11 is 0. The quantitative estimate of drug-likeness (QED) is 0.539. The molecule has 0 aromatic rings. The molecule has 2 bridgehead atoms. The van der Waals surface area contributed by atoms with Crippen molar-refractivity contribution in [1.82, 2.24) is 4.90 Å². The third-order valence-corrected chi connectivity index (χ3v) is 4.18. The molecule has 0 spiro atoms. The highest BCUT2D eigenvalue weighted by Gasteiger charge is 2.52. The Hall–Kier alpha value is -0.910. The summed E-state index contributed by atoms with van der Waals surface area (Å²) in [6, 6.07) is -0.218.